The van der Waals surface area contributed by atoms with E-state index in [1.54, 1.807) is 31.5 Å². The van der Waals surface area contributed by atoms with Crippen LogP contribution in [0.4, 0.5) is 11.5 Å². The summed E-state index contributed by atoms with van der Waals surface area (Å²) in [4.78, 5) is 16.4. The number of methoxy groups -OCH3 is 1. The summed E-state index contributed by atoms with van der Waals surface area (Å²) in [5.41, 5.74) is 2.18. The zero-order valence-electron chi connectivity index (χ0n) is 14.7. The third kappa shape index (κ3) is 4.60. The summed E-state index contributed by atoms with van der Waals surface area (Å²) in [6.45, 7) is 2.33. The van der Waals surface area contributed by atoms with E-state index in [1.165, 1.54) is 0 Å². The van der Waals surface area contributed by atoms with Crippen LogP contribution < -0.4 is 15.4 Å². The topological polar surface area (TPSA) is 89.3 Å². The zero-order valence-corrected chi connectivity index (χ0v) is 14.7. The van der Waals surface area contributed by atoms with Crippen molar-refractivity contribution in [2.45, 2.75) is 13.3 Å². The maximum Gasteiger partial charge on any atom is 0.269 e. The lowest BCUT2D eigenvalue weighted by Gasteiger charge is -2.07. The number of pyridine rings is 1. The Bertz CT molecular complexity index is 875. The summed E-state index contributed by atoms with van der Waals surface area (Å²) in [6, 6.07) is 13.0. The quantitative estimate of drug-likeness (QED) is 0.679. The molecule has 2 N–H and O–H groups in total. The Morgan fingerprint density at radius 2 is 2.12 bits per heavy atom. The molecule has 0 aliphatic carbocycles. The minimum Gasteiger partial charge on any atom is -0.497 e. The van der Waals surface area contributed by atoms with E-state index in [2.05, 4.69) is 20.8 Å². The van der Waals surface area contributed by atoms with Crippen molar-refractivity contribution < 1.29 is 14.1 Å². The summed E-state index contributed by atoms with van der Waals surface area (Å²) in [5.74, 6) is 1.91. The Hall–Kier alpha value is -3.35. The molecule has 0 unspecified atom stereocenters. The highest BCUT2D eigenvalue weighted by molar-refractivity contribution is 5.92. The number of hydrogen-bond donors (Lipinski definition) is 2. The van der Waals surface area contributed by atoms with Gasteiger partial charge in [0.25, 0.3) is 5.91 Å². The third-order valence-electron chi connectivity index (χ3n) is 3.73. The van der Waals surface area contributed by atoms with Gasteiger partial charge in [0.1, 0.15) is 17.2 Å². The lowest BCUT2D eigenvalue weighted by molar-refractivity contribution is 0.0949. The van der Waals surface area contributed by atoms with E-state index in [1.807, 2.05) is 31.2 Å². The fourth-order valence-corrected chi connectivity index (χ4v) is 2.41. The Morgan fingerprint density at radius 3 is 2.81 bits per heavy atom. The highest BCUT2D eigenvalue weighted by Gasteiger charge is 2.08. The zero-order chi connectivity index (χ0) is 18.4. The van der Waals surface area contributed by atoms with Gasteiger partial charge in [-0.2, -0.15) is 0 Å². The number of carbonyl (C=O) groups is 1. The highest BCUT2D eigenvalue weighted by Crippen LogP contribution is 2.15. The molecular weight excluding hydrogens is 332 g/mol. The lowest BCUT2D eigenvalue weighted by atomic mass is 10.1. The number of carbonyl (C=O) groups excluding carboxylic acids is 1. The molecule has 3 rings (SSSR count). The summed E-state index contributed by atoms with van der Waals surface area (Å²) >= 11 is 0. The van der Waals surface area contributed by atoms with Gasteiger partial charge in [-0.15, -0.1) is 0 Å². The average Bonchev–Trinajstić information content (AvgIpc) is 3.07. The molecular formula is C19H20N4O3. The number of hydrogen-bond acceptors (Lipinski definition) is 6. The summed E-state index contributed by atoms with van der Waals surface area (Å²) in [7, 11) is 1.63. The van der Waals surface area contributed by atoms with Crippen molar-refractivity contribution in [3.63, 3.8) is 0 Å². The van der Waals surface area contributed by atoms with Gasteiger partial charge in [-0.25, -0.2) is 4.98 Å². The average molecular weight is 352 g/mol. The van der Waals surface area contributed by atoms with Crippen LogP contribution in [-0.4, -0.2) is 29.7 Å². The van der Waals surface area contributed by atoms with E-state index in [0.29, 0.717) is 30.2 Å². The van der Waals surface area contributed by atoms with Crippen LogP contribution in [0, 0.1) is 6.92 Å². The molecule has 0 spiro atoms. The second kappa shape index (κ2) is 8.15. The van der Waals surface area contributed by atoms with Gasteiger partial charge in [0.2, 0.25) is 0 Å². The van der Waals surface area contributed by atoms with Crippen molar-refractivity contribution in [1.29, 1.82) is 0 Å². The number of aromatic nitrogens is 2. The molecule has 0 fully saturated rings. The van der Waals surface area contributed by atoms with Gasteiger partial charge < -0.3 is 19.9 Å². The number of anilines is 2. The van der Waals surface area contributed by atoms with E-state index < -0.39 is 0 Å². The molecule has 2 aromatic heterocycles. The molecule has 1 aromatic carbocycles. The summed E-state index contributed by atoms with van der Waals surface area (Å²) in [6.07, 6.45) is 2.30. The van der Waals surface area contributed by atoms with Crippen molar-refractivity contribution >= 4 is 17.4 Å². The molecule has 134 valence electrons. The van der Waals surface area contributed by atoms with Crippen LogP contribution in [-0.2, 0) is 6.42 Å². The van der Waals surface area contributed by atoms with Crippen LogP contribution in [0.15, 0.2) is 53.2 Å². The fourth-order valence-electron chi connectivity index (χ4n) is 2.41. The number of aryl methyl sites for hydroxylation is 1. The molecule has 26 heavy (non-hydrogen) atoms. The summed E-state index contributed by atoms with van der Waals surface area (Å²) < 4.78 is 10.2. The molecule has 0 saturated carbocycles. The number of nitrogens with one attached hydrogen (secondary N) is 2. The summed E-state index contributed by atoms with van der Waals surface area (Å²) in [5, 5.41) is 9.77. The fraction of sp³-hybridized carbons (Fsp3) is 0.211. The maximum atomic E-state index is 12.2. The van der Waals surface area contributed by atoms with Crippen LogP contribution in [0.2, 0.25) is 0 Å². The molecule has 7 nitrogen and oxygen atoms in total. The largest absolute Gasteiger partial charge is 0.497 e. The molecule has 2 heterocycles. The van der Waals surface area contributed by atoms with E-state index in [4.69, 9.17) is 9.26 Å². The molecule has 3 aromatic rings. The number of nitrogens with zero attached hydrogens (tertiary/aromatic N) is 2. The van der Waals surface area contributed by atoms with Gasteiger partial charge in [-0.05, 0) is 43.2 Å². The van der Waals surface area contributed by atoms with Gasteiger partial charge in [-0.1, -0.05) is 17.3 Å². The van der Waals surface area contributed by atoms with Crippen molar-refractivity contribution in [3.05, 3.63) is 65.7 Å². The monoisotopic (exact) mass is 352 g/mol. The van der Waals surface area contributed by atoms with Gasteiger partial charge in [0.05, 0.1) is 19.0 Å². The Morgan fingerprint density at radius 1 is 1.23 bits per heavy atom. The Labute approximate surface area is 151 Å². The second-order valence-electron chi connectivity index (χ2n) is 5.74. The number of rotatable bonds is 7. The van der Waals surface area contributed by atoms with Gasteiger partial charge >= 0.3 is 0 Å². The molecule has 0 atom stereocenters. The predicted octanol–water partition coefficient (Wildman–Crippen LogP) is 3.10. The van der Waals surface area contributed by atoms with Crippen molar-refractivity contribution in [3.8, 4) is 5.75 Å². The molecule has 0 aliphatic heterocycles. The second-order valence-corrected chi connectivity index (χ2v) is 5.74. The first-order valence-corrected chi connectivity index (χ1v) is 8.21. The SMILES string of the molecule is COc1cccc(CCNC(=O)c2ccc(Nc3cc(C)on3)cn2)c1. The predicted molar refractivity (Wildman–Crippen MR) is 97.8 cm³/mol. The Kier molecular flexibility index (Phi) is 5.48. The minimum atomic E-state index is -0.211. The smallest absolute Gasteiger partial charge is 0.269 e. The van der Waals surface area contributed by atoms with Crippen LogP contribution in [0.1, 0.15) is 21.8 Å². The van der Waals surface area contributed by atoms with Crippen molar-refractivity contribution in [1.82, 2.24) is 15.5 Å². The molecule has 0 radical (unpaired) electrons. The van der Waals surface area contributed by atoms with E-state index >= 15 is 0 Å². The van der Waals surface area contributed by atoms with E-state index in [-0.39, 0.29) is 5.91 Å². The van der Waals surface area contributed by atoms with Crippen molar-refractivity contribution in [2.24, 2.45) is 0 Å². The van der Waals surface area contributed by atoms with Crippen molar-refractivity contribution in [2.75, 3.05) is 19.0 Å². The maximum absolute atomic E-state index is 12.2. The molecule has 0 bridgehead atoms. The van der Waals surface area contributed by atoms with Crippen LogP contribution in [0.5, 0.6) is 5.75 Å². The van der Waals surface area contributed by atoms with Gasteiger partial charge in [0.15, 0.2) is 5.82 Å². The highest BCUT2D eigenvalue weighted by atomic mass is 16.5. The normalized spacial score (nSPS) is 10.4. The standard InChI is InChI=1S/C19H20N4O3/c1-13-10-18(23-26-13)22-15-6-7-17(21-12-15)19(24)20-9-8-14-4-3-5-16(11-14)25-2/h3-7,10-12H,8-9H2,1-2H3,(H,20,24)(H,22,23). The van der Waals surface area contributed by atoms with Gasteiger partial charge in [-0.3, -0.25) is 4.79 Å². The molecule has 0 aliphatic rings. The van der Waals surface area contributed by atoms with E-state index in [0.717, 1.165) is 17.0 Å². The number of ether oxygens (including phenoxy) is 1. The first-order valence-electron chi connectivity index (χ1n) is 8.21. The van der Waals surface area contributed by atoms with E-state index in [9.17, 15) is 4.79 Å². The van der Waals surface area contributed by atoms with Gasteiger partial charge in [0, 0.05) is 12.6 Å². The number of benzene rings is 1. The van der Waals surface area contributed by atoms with Crippen LogP contribution >= 0.6 is 0 Å². The molecule has 1 amide bonds. The van der Waals surface area contributed by atoms with Crippen LogP contribution in [0.25, 0.3) is 0 Å². The molecule has 0 saturated heterocycles. The van der Waals surface area contributed by atoms with Crippen LogP contribution in [0.3, 0.4) is 0 Å². The number of amides is 1. The Balaban J connectivity index is 1.51. The first-order chi connectivity index (χ1) is 12.6. The first kappa shape index (κ1) is 17.5. The lowest BCUT2D eigenvalue weighted by Crippen LogP contribution is -2.26. The third-order valence-corrected chi connectivity index (χ3v) is 3.73. The molecule has 7 heteroatoms. The minimum absolute atomic E-state index is 0.211.